The second-order valence-electron chi connectivity index (χ2n) is 8.90. The minimum absolute atomic E-state index is 0.0241. The summed E-state index contributed by atoms with van der Waals surface area (Å²) >= 11 is 0. The molecule has 3 fully saturated rings. The van der Waals surface area contributed by atoms with E-state index < -0.39 is 0 Å². The first kappa shape index (κ1) is 15.6. The zero-order valence-corrected chi connectivity index (χ0v) is 15.0. The molecule has 0 aromatic carbocycles. The molecule has 3 heteroatoms. The number of fused-ring (bicyclic) bond motifs is 5. The Morgan fingerprint density at radius 3 is 2.96 bits per heavy atom. The first-order valence-electron chi connectivity index (χ1n) is 9.93. The van der Waals surface area contributed by atoms with Crippen LogP contribution in [0.4, 0.5) is 0 Å². The van der Waals surface area contributed by atoms with Crippen LogP contribution in [0.2, 0.25) is 0 Å². The Hall–Kier alpha value is -1.64. The highest BCUT2D eigenvalue weighted by atomic mass is 16.5. The molecule has 0 spiro atoms. The Kier molecular flexibility index (Phi) is 3.55. The maximum atomic E-state index is 11.8. The van der Waals surface area contributed by atoms with Gasteiger partial charge in [0.25, 0.3) is 0 Å². The number of carbonyl (C=O) groups excluding carboxylic acids is 1. The topological polar surface area (TPSA) is 39.2 Å². The highest BCUT2D eigenvalue weighted by molar-refractivity contribution is 5.71. The predicted molar refractivity (Wildman–Crippen MR) is 96.4 cm³/mol. The first-order valence-corrected chi connectivity index (χ1v) is 9.93. The van der Waals surface area contributed by atoms with Crippen LogP contribution in [0.25, 0.3) is 5.57 Å². The molecule has 132 valence electrons. The lowest BCUT2D eigenvalue weighted by Gasteiger charge is -2.57. The molecular weight excluding hydrogens is 310 g/mol. The van der Waals surface area contributed by atoms with Gasteiger partial charge in [0.05, 0.1) is 6.61 Å². The molecule has 0 amide bonds. The summed E-state index contributed by atoms with van der Waals surface area (Å²) in [7, 11) is 0. The number of ether oxygens (including phenoxy) is 1. The maximum absolute atomic E-state index is 11.8. The zero-order chi connectivity index (χ0) is 17.0. The molecular formula is C22H27NO2. The van der Waals surface area contributed by atoms with Gasteiger partial charge in [0, 0.05) is 24.2 Å². The van der Waals surface area contributed by atoms with Crippen LogP contribution in [0.5, 0.6) is 0 Å². The molecule has 5 rings (SSSR count). The average molecular weight is 337 g/mol. The summed E-state index contributed by atoms with van der Waals surface area (Å²) in [5.41, 5.74) is 3.07. The van der Waals surface area contributed by atoms with E-state index in [2.05, 4.69) is 30.1 Å². The number of allylic oxidation sites excluding steroid dienone is 2. The summed E-state index contributed by atoms with van der Waals surface area (Å²) in [6, 6.07) is 4.27. The number of esters is 1. The largest absolute Gasteiger partial charge is 0.465 e. The predicted octanol–water partition coefficient (Wildman–Crippen LogP) is 4.49. The van der Waals surface area contributed by atoms with Crippen molar-refractivity contribution >= 4 is 11.5 Å². The Morgan fingerprint density at radius 2 is 2.12 bits per heavy atom. The van der Waals surface area contributed by atoms with Gasteiger partial charge in [-0.1, -0.05) is 19.1 Å². The standard InChI is InChI=1S/C22H27NO2/c1-22-13-25-21(24)11-15(22)4-5-19-18-7-6-16(14-3-2-10-23-12-14)17(18)8-9-20(19)22/h2-3,6,10,12,15,17-20H,4-5,7-9,11,13H2,1H3. The van der Waals surface area contributed by atoms with E-state index >= 15 is 0 Å². The fraction of sp³-hybridized carbons (Fsp3) is 0.636. The van der Waals surface area contributed by atoms with E-state index in [1.54, 1.807) is 5.57 Å². The van der Waals surface area contributed by atoms with Gasteiger partial charge in [-0.15, -0.1) is 0 Å². The second kappa shape index (κ2) is 5.69. The van der Waals surface area contributed by atoms with Crippen LogP contribution in [0.15, 0.2) is 30.6 Å². The monoisotopic (exact) mass is 337 g/mol. The van der Waals surface area contributed by atoms with Gasteiger partial charge in [-0.25, -0.2) is 0 Å². The molecule has 6 atom stereocenters. The van der Waals surface area contributed by atoms with Crippen molar-refractivity contribution in [1.29, 1.82) is 0 Å². The van der Waals surface area contributed by atoms with Crippen molar-refractivity contribution in [3.8, 4) is 0 Å². The van der Waals surface area contributed by atoms with Crippen LogP contribution < -0.4 is 0 Å². The molecule has 0 N–H and O–H groups in total. The highest BCUT2D eigenvalue weighted by Crippen LogP contribution is 2.61. The summed E-state index contributed by atoms with van der Waals surface area (Å²) < 4.78 is 5.54. The highest BCUT2D eigenvalue weighted by Gasteiger charge is 2.56. The molecule has 25 heavy (non-hydrogen) atoms. The smallest absolute Gasteiger partial charge is 0.306 e. The minimum Gasteiger partial charge on any atom is -0.465 e. The van der Waals surface area contributed by atoms with Crippen LogP contribution in [-0.2, 0) is 9.53 Å². The van der Waals surface area contributed by atoms with Gasteiger partial charge in [-0.05, 0) is 78.9 Å². The van der Waals surface area contributed by atoms with E-state index in [0.717, 1.165) is 17.8 Å². The minimum atomic E-state index is 0.0241. The number of rotatable bonds is 1. The van der Waals surface area contributed by atoms with Gasteiger partial charge >= 0.3 is 5.97 Å². The van der Waals surface area contributed by atoms with Crippen molar-refractivity contribution in [2.24, 2.45) is 35.0 Å². The van der Waals surface area contributed by atoms with Gasteiger partial charge in [0.1, 0.15) is 0 Å². The van der Waals surface area contributed by atoms with E-state index in [1.807, 2.05) is 12.4 Å². The summed E-state index contributed by atoms with van der Waals surface area (Å²) in [5, 5.41) is 0. The SMILES string of the molecule is CC12COC(=O)CC1CCC1C3CC=C(c4cccnc4)C3CCC12. The second-order valence-corrected chi connectivity index (χ2v) is 8.90. The fourth-order valence-electron chi connectivity index (χ4n) is 6.71. The Balaban J connectivity index is 1.40. The maximum Gasteiger partial charge on any atom is 0.306 e. The van der Waals surface area contributed by atoms with Crippen LogP contribution in [0.3, 0.4) is 0 Å². The van der Waals surface area contributed by atoms with Crippen molar-refractivity contribution in [1.82, 2.24) is 4.98 Å². The number of cyclic esters (lactones) is 1. The molecule has 0 radical (unpaired) electrons. The molecule has 4 aliphatic rings. The number of hydrogen-bond donors (Lipinski definition) is 0. The molecule has 2 saturated carbocycles. The van der Waals surface area contributed by atoms with E-state index in [-0.39, 0.29) is 11.4 Å². The molecule has 2 heterocycles. The van der Waals surface area contributed by atoms with Crippen molar-refractivity contribution < 1.29 is 9.53 Å². The van der Waals surface area contributed by atoms with Gasteiger partial charge in [-0.2, -0.15) is 0 Å². The summed E-state index contributed by atoms with van der Waals surface area (Å²) in [6.07, 6.45) is 13.3. The summed E-state index contributed by atoms with van der Waals surface area (Å²) in [5.74, 6) is 3.57. The van der Waals surface area contributed by atoms with Crippen LogP contribution >= 0.6 is 0 Å². The van der Waals surface area contributed by atoms with Gasteiger partial charge in [0.15, 0.2) is 0 Å². The number of carbonyl (C=O) groups is 1. The van der Waals surface area contributed by atoms with Crippen molar-refractivity contribution in [2.45, 2.75) is 45.4 Å². The van der Waals surface area contributed by atoms with Crippen molar-refractivity contribution in [2.75, 3.05) is 6.61 Å². The number of aromatic nitrogens is 1. The quantitative estimate of drug-likeness (QED) is 0.709. The number of nitrogens with zero attached hydrogens (tertiary/aromatic N) is 1. The third kappa shape index (κ3) is 2.31. The Bertz CT molecular complexity index is 712. The van der Waals surface area contributed by atoms with Gasteiger partial charge in [0.2, 0.25) is 0 Å². The third-order valence-electron chi connectivity index (χ3n) is 7.96. The molecule has 1 aliphatic heterocycles. The van der Waals surface area contributed by atoms with Crippen LogP contribution in [0.1, 0.15) is 51.0 Å². The molecule has 1 saturated heterocycles. The van der Waals surface area contributed by atoms with Crippen LogP contribution in [0, 0.1) is 35.0 Å². The molecule has 6 unspecified atom stereocenters. The molecule has 1 aromatic rings. The van der Waals surface area contributed by atoms with Crippen LogP contribution in [-0.4, -0.2) is 17.6 Å². The number of pyridine rings is 1. The lowest BCUT2D eigenvalue weighted by Crippen LogP contribution is -2.53. The lowest BCUT2D eigenvalue weighted by molar-refractivity contribution is -0.176. The van der Waals surface area contributed by atoms with Crippen molar-refractivity contribution in [3.05, 3.63) is 36.2 Å². The summed E-state index contributed by atoms with van der Waals surface area (Å²) in [6.45, 7) is 3.06. The van der Waals surface area contributed by atoms with E-state index in [9.17, 15) is 4.79 Å². The molecule has 0 bridgehead atoms. The Labute approximate surface area is 149 Å². The van der Waals surface area contributed by atoms with Gasteiger partial charge < -0.3 is 4.74 Å². The third-order valence-corrected chi connectivity index (χ3v) is 7.96. The molecule has 3 aliphatic carbocycles. The zero-order valence-electron chi connectivity index (χ0n) is 15.0. The fourth-order valence-corrected chi connectivity index (χ4v) is 6.71. The van der Waals surface area contributed by atoms with E-state index in [4.69, 9.17) is 4.74 Å². The summed E-state index contributed by atoms with van der Waals surface area (Å²) in [4.78, 5) is 16.1. The number of hydrogen-bond acceptors (Lipinski definition) is 3. The van der Waals surface area contributed by atoms with Gasteiger partial charge in [-0.3, -0.25) is 9.78 Å². The van der Waals surface area contributed by atoms with E-state index in [1.165, 1.54) is 37.7 Å². The molecule has 3 nitrogen and oxygen atoms in total. The molecule has 1 aromatic heterocycles. The van der Waals surface area contributed by atoms with E-state index in [0.29, 0.717) is 24.9 Å². The van der Waals surface area contributed by atoms with Crippen molar-refractivity contribution in [3.63, 3.8) is 0 Å². The normalized spacial score (nSPS) is 42.7. The first-order chi connectivity index (χ1) is 12.2. The lowest BCUT2D eigenvalue weighted by atomic mass is 9.49. The average Bonchev–Trinajstić information content (AvgIpc) is 3.07. The Morgan fingerprint density at radius 1 is 1.20 bits per heavy atom.